The first kappa shape index (κ1) is 18.4. The molecule has 3 heterocycles. The third kappa shape index (κ3) is 4.50. The van der Waals surface area contributed by atoms with E-state index in [1.807, 2.05) is 0 Å². The lowest BCUT2D eigenvalue weighted by molar-refractivity contribution is -0.677. The lowest BCUT2D eigenvalue weighted by Gasteiger charge is -2.09. The number of ether oxygens (including phenoxy) is 2. The van der Waals surface area contributed by atoms with Crippen LogP contribution in [0.25, 0.3) is 12.2 Å². The van der Waals surface area contributed by atoms with E-state index in [2.05, 4.69) is 84.7 Å². The maximum Gasteiger partial charge on any atom is 0.194 e. The number of aromatic nitrogens is 1. The third-order valence-corrected chi connectivity index (χ3v) is 6.64. The smallest absolute Gasteiger partial charge is 0.194 e. The van der Waals surface area contributed by atoms with E-state index in [4.69, 9.17) is 9.47 Å². The second-order valence-electron chi connectivity index (χ2n) is 6.44. The topological polar surface area (TPSA) is 22.3 Å². The zero-order valence-electron chi connectivity index (χ0n) is 15.4. The fourth-order valence-electron chi connectivity index (χ4n) is 2.85. The van der Waals surface area contributed by atoms with Crippen molar-refractivity contribution in [2.45, 2.75) is 23.0 Å². The highest BCUT2D eigenvalue weighted by Crippen LogP contribution is 2.39. The Labute approximate surface area is 168 Å². The molecule has 1 aromatic carbocycles. The summed E-state index contributed by atoms with van der Waals surface area (Å²) in [6, 6.07) is 15.1. The number of nitrogens with zero attached hydrogens (tertiary/aromatic N) is 1. The fourth-order valence-corrected chi connectivity index (χ4v) is 4.85. The summed E-state index contributed by atoms with van der Waals surface area (Å²) >= 11 is 3.45. The molecule has 0 bridgehead atoms. The Balaban J connectivity index is 1.44. The van der Waals surface area contributed by atoms with E-state index in [-0.39, 0.29) is 6.29 Å². The van der Waals surface area contributed by atoms with Crippen molar-refractivity contribution < 1.29 is 14.0 Å². The van der Waals surface area contributed by atoms with E-state index in [9.17, 15) is 0 Å². The molecule has 0 spiro atoms. The minimum absolute atomic E-state index is 0.203. The Hall–Kier alpha value is -1.92. The zero-order chi connectivity index (χ0) is 18.6. The Bertz CT molecular complexity index is 941. The molecule has 138 valence electrons. The summed E-state index contributed by atoms with van der Waals surface area (Å²) in [5.74, 6) is 0. The van der Waals surface area contributed by atoms with Crippen LogP contribution in [-0.2, 0) is 16.5 Å². The number of pyridine rings is 1. The molecule has 0 aliphatic carbocycles. The van der Waals surface area contributed by atoms with Crippen molar-refractivity contribution >= 4 is 35.3 Å². The third-order valence-electron chi connectivity index (χ3n) is 4.49. The van der Waals surface area contributed by atoms with Gasteiger partial charge in [0.15, 0.2) is 18.2 Å². The average Bonchev–Trinajstić information content (AvgIpc) is 3.35. The summed E-state index contributed by atoms with van der Waals surface area (Å²) in [6.45, 7) is 3.46. The van der Waals surface area contributed by atoms with E-state index >= 15 is 0 Å². The second kappa shape index (κ2) is 8.40. The van der Waals surface area contributed by atoms with Crippen molar-refractivity contribution in [3.8, 4) is 0 Å². The summed E-state index contributed by atoms with van der Waals surface area (Å²) in [5.41, 5.74) is 3.65. The van der Waals surface area contributed by atoms with E-state index < -0.39 is 0 Å². The highest BCUT2D eigenvalue weighted by Gasteiger charge is 2.23. The first-order valence-corrected chi connectivity index (χ1v) is 10.6. The molecular weight excluding hydrogens is 374 g/mol. The van der Waals surface area contributed by atoms with E-state index in [0.717, 1.165) is 4.88 Å². The van der Waals surface area contributed by atoms with Crippen molar-refractivity contribution in [2.75, 3.05) is 13.2 Å². The first-order chi connectivity index (χ1) is 13.2. The Kier molecular flexibility index (Phi) is 5.74. The van der Waals surface area contributed by atoms with Crippen molar-refractivity contribution in [1.82, 2.24) is 0 Å². The number of benzene rings is 1. The van der Waals surface area contributed by atoms with Gasteiger partial charge < -0.3 is 9.47 Å². The molecule has 0 N–H and O–H groups in total. The molecule has 3 nitrogen and oxygen atoms in total. The van der Waals surface area contributed by atoms with Crippen molar-refractivity contribution in [2.24, 2.45) is 7.05 Å². The lowest BCUT2D eigenvalue weighted by Crippen LogP contribution is -2.30. The number of rotatable bonds is 5. The fraction of sp³-hybridized carbons (Fsp3) is 0.227. The highest BCUT2D eigenvalue weighted by atomic mass is 32.2. The van der Waals surface area contributed by atoms with Crippen LogP contribution in [0.2, 0.25) is 0 Å². The molecule has 0 amide bonds. The molecule has 1 fully saturated rings. The van der Waals surface area contributed by atoms with Gasteiger partial charge in [-0.05, 0) is 34.7 Å². The van der Waals surface area contributed by atoms with Gasteiger partial charge in [-0.25, -0.2) is 4.57 Å². The van der Waals surface area contributed by atoms with Crippen LogP contribution in [0.3, 0.4) is 0 Å². The molecule has 4 rings (SSSR count). The number of aryl methyl sites for hydroxylation is 2. The van der Waals surface area contributed by atoms with Crippen LogP contribution in [0.1, 0.15) is 28.0 Å². The Morgan fingerprint density at radius 2 is 1.78 bits per heavy atom. The minimum Gasteiger partial charge on any atom is -0.345 e. The van der Waals surface area contributed by atoms with Crippen LogP contribution in [0, 0.1) is 6.92 Å². The van der Waals surface area contributed by atoms with Gasteiger partial charge in [-0.15, -0.1) is 11.3 Å². The van der Waals surface area contributed by atoms with Crippen molar-refractivity contribution in [3.63, 3.8) is 0 Å². The molecule has 3 aromatic rings. The quantitative estimate of drug-likeness (QED) is 0.550. The van der Waals surface area contributed by atoms with Crippen molar-refractivity contribution in [3.05, 3.63) is 75.7 Å². The summed E-state index contributed by atoms with van der Waals surface area (Å²) in [5, 5.41) is 2.10. The molecule has 27 heavy (non-hydrogen) atoms. The standard InChI is InChI=1S/C22H22NO2S2/c1-16-15-18(9-11-23(16)2)4-3-17-5-7-19(8-6-17)27-20-10-14-26-21(20)22-24-12-13-25-22/h3-11,14-15,22H,12-13H2,1-2H3/q+1/b4-3+. The van der Waals surface area contributed by atoms with Gasteiger partial charge in [0.05, 0.1) is 18.1 Å². The van der Waals surface area contributed by atoms with Crippen LogP contribution in [-0.4, -0.2) is 13.2 Å². The number of hydrogen-bond acceptors (Lipinski definition) is 4. The summed E-state index contributed by atoms with van der Waals surface area (Å²) < 4.78 is 13.4. The van der Waals surface area contributed by atoms with Gasteiger partial charge in [-0.2, -0.15) is 0 Å². The molecule has 0 unspecified atom stereocenters. The average molecular weight is 397 g/mol. The molecule has 1 aliphatic rings. The van der Waals surface area contributed by atoms with Gasteiger partial charge in [0.1, 0.15) is 7.05 Å². The highest BCUT2D eigenvalue weighted by molar-refractivity contribution is 7.99. The molecule has 2 aromatic heterocycles. The van der Waals surface area contributed by atoms with Crippen LogP contribution < -0.4 is 4.57 Å². The number of hydrogen-bond donors (Lipinski definition) is 0. The largest absolute Gasteiger partial charge is 0.345 e. The van der Waals surface area contributed by atoms with Gasteiger partial charge in [-0.3, -0.25) is 0 Å². The predicted octanol–water partition coefficient (Wildman–Crippen LogP) is 5.25. The summed E-state index contributed by atoms with van der Waals surface area (Å²) in [6.07, 6.45) is 6.19. The van der Waals surface area contributed by atoms with E-state index in [0.29, 0.717) is 13.2 Å². The molecule has 1 aliphatic heterocycles. The zero-order valence-corrected chi connectivity index (χ0v) is 17.1. The first-order valence-electron chi connectivity index (χ1n) is 8.92. The monoisotopic (exact) mass is 396 g/mol. The minimum atomic E-state index is -0.203. The van der Waals surface area contributed by atoms with Gasteiger partial charge in [0.25, 0.3) is 0 Å². The normalized spacial score (nSPS) is 15.0. The molecule has 0 atom stereocenters. The molecule has 1 saturated heterocycles. The van der Waals surface area contributed by atoms with Gasteiger partial charge in [-0.1, -0.05) is 36.0 Å². The molecule has 0 saturated carbocycles. The lowest BCUT2D eigenvalue weighted by atomic mass is 10.1. The molecular formula is C22H22NO2S2+. The SMILES string of the molecule is Cc1cc(/C=C/c2ccc(Sc3ccsc3C3OCCO3)cc2)cc[n+]1C. The Morgan fingerprint density at radius 3 is 2.52 bits per heavy atom. The van der Waals surface area contributed by atoms with Gasteiger partial charge >= 0.3 is 0 Å². The molecule has 0 radical (unpaired) electrons. The van der Waals surface area contributed by atoms with E-state index in [1.54, 1.807) is 23.1 Å². The maximum absolute atomic E-state index is 5.65. The van der Waals surface area contributed by atoms with Gasteiger partial charge in [0, 0.05) is 28.8 Å². The van der Waals surface area contributed by atoms with Gasteiger partial charge in [0.2, 0.25) is 0 Å². The molecule has 5 heteroatoms. The van der Waals surface area contributed by atoms with Crippen LogP contribution in [0.4, 0.5) is 0 Å². The Morgan fingerprint density at radius 1 is 1.04 bits per heavy atom. The van der Waals surface area contributed by atoms with E-state index in [1.165, 1.54) is 26.6 Å². The van der Waals surface area contributed by atoms with Crippen LogP contribution in [0.5, 0.6) is 0 Å². The van der Waals surface area contributed by atoms with Crippen LogP contribution in [0.15, 0.2) is 63.8 Å². The summed E-state index contributed by atoms with van der Waals surface area (Å²) in [7, 11) is 2.06. The number of thiophene rings is 1. The predicted molar refractivity (Wildman–Crippen MR) is 111 cm³/mol. The second-order valence-corrected chi connectivity index (χ2v) is 8.50. The maximum atomic E-state index is 5.65. The van der Waals surface area contributed by atoms with Crippen LogP contribution >= 0.6 is 23.1 Å². The summed E-state index contributed by atoms with van der Waals surface area (Å²) in [4.78, 5) is 3.59. The van der Waals surface area contributed by atoms with Crippen molar-refractivity contribution in [1.29, 1.82) is 0 Å².